The van der Waals surface area contributed by atoms with Crippen molar-refractivity contribution in [1.82, 2.24) is 4.90 Å². The van der Waals surface area contributed by atoms with Crippen LogP contribution in [0, 0.1) is 0 Å². The van der Waals surface area contributed by atoms with Crippen molar-refractivity contribution in [1.29, 1.82) is 0 Å². The second kappa shape index (κ2) is 13.9. The quantitative estimate of drug-likeness (QED) is 0.558. The molecule has 0 radical (unpaired) electrons. The molecule has 1 atom stereocenters. The van der Waals surface area contributed by atoms with Gasteiger partial charge in [0.15, 0.2) is 0 Å². The first-order valence-electron chi connectivity index (χ1n) is 9.71. The van der Waals surface area contributed by atoms with Crippen LogP contribution in [0.25, 0.3) is 5.57 Å². The van der Waals surface area contributed by atoms with Crippen LogP contribution in [0.1, 0.15) is 53.0 Å². The van der Waals surface area contributed by atoms with Gasteiger partial charge in [0.05, 0.1) is 6.04 Å². The Labute approximate surface area is 160 Å². The van der Waals surface area contributed by atoms with E-state index in [1.165, 1.54) is 11.1 Å². The fraction of sp³-hybridized carbons (Fsp3) is 0.375. The highest BCUT2D eigenvalue weighted by atomic mass is 16.2. The summed E-state index contributed by atoms with van der Waals surface area (Å²) in [5.74, 6) is 0.171. The van der Waals surface area contributed by atoms with Gasteiger partial charge in [-0.05, 0) is 23.1 Å². The molecule has 0 spiro atoms. The number of nitrogens with zero attached hydrogens (tertiary/aromatic N) is 1. The number of benzene rings is 1. The van der Waals surface area contributed by atoms with Crippen molar-refractivity contribution in [3.8, 4) is 0 Å². The summed E-state index contributed by atoms with van der Waals surface area (Å²) in [5.41, 5.74) is 3.51. The number of allylic oxidation sites excluding steroid dienone is 2. The molecule has 1 aromatic rings. The molecule has 2 nitrogen and oxygen atoms in total. The molecule has 0 aliphatic carbocycles. The summed E-state index contributed by atoms with van der Waals surface area (Å²) in [6, 6.07) is 10.3. The van der Waals surface area contributed by atoms with Gasteiger partial charge in [-0.1, -0.05) is 102 Å². The van der Waals surface area contributed by atoms with Crippen LogP contribution < -0.4 is 0 Å². The third kappa shape index (κ3) is 6.51. The first-order chi connectivity index (χ1) is 12.7. The van der Waals surface area contributed by atoms with Crippen LogP contribution in [0.5, 0.6) is 0 Å². The predicted molar refractivity (Wildman–Crippen MR) is 116 cm³/mol. The van der Waals surface area contributed by atoms with E-state index in [-0.39, 0.29) is 11.9 Å². The number of rotatable bonds is 5. The number of hydrogen-bond acceptors (Lipinski definition) is 1. The largest absolute Gasteiger partial charge is 0.332 e. The van der Waals surface area contributed by atoms with Gasteiger partial charge in [-0.2, -0.15) is 0 Å². The number of carbonyl (C=O) groups excluding carboxylic acids is 1. The lowest BCUT2D eigenvalue weighted by Gasteiger charge is -2.35. The summed E-state index contributed by atoms with van der Waals surface area (Å²) >= 11 is 0. The van der Waals surface area contributed by atoms with Gasteiger partial charge in [0.2, 0.25) is 5.91 Å². The molecule has 1 amide bonds. The zero-order valence-corrected chi connectivity index (χ0v) is 17.2. The van der Waals surface area contributed by atoms with Gasteiger partial charge in [-0.15, -0.1) is 0 Å². The van der Waals surface area contributed by atoms with Gasteiger partial charge in [0, 0.05) is 13.0 Å². The molecule has 2 rings (SSSR count). The first kappa shape index (κ1) is 23.6. The van der Waals surface area contributed by atoms with Crippen LogP contribution in [0.4, 0.5) is 0 Å². The summed E-state index contributed by atoms with van der Waals surface area (Å²) in [6.07, 6.45) is 9.07. The molecule has 0 fully saturated rings. The predicted octanol–water partition coefficient (Wildman–Crippen LogP) is 6.43. The lowest BCUT2D eigenvalue weighted by molar-refractivity contribution is -0.131. The van der Waals surface area contributed by atoms with E-state index in [1.807, 2.05) is 69.9 Å². The molecule has 1 unspecified atom stereocenters. The SMILES string of the molecule is C=C/C=C(\C=C)C1C=C(c2ccccc2)CCN1C(=O)CC.CC.CC. The van der Waals surface area contributed by atoms with Crippen molar-refractivity contribution in [3.05, 3.63) is 78.9 Å². The van der Waals surface area contributed by atoms with Gasteiger partial charge in [0.25, 0.3) is 0 Å². The minimum atomic E-state index is -0.0630. The molecule has 0 bridgehead atoms. The average Bonchev–Trinajstić information content (AvgIpc) is 2.74. The Bertz CT molecular complexity index is 610. The summed E-state index contributed by atoms with van der Waals surface area (Å²) in [5, 5.41) is 0. The molecule has 1 aliphatic rings. The molecule has 2 heteroatoms. The Morgan fingerprint density at radius 3 is 2.27 bits per heavy atom. The molecule has 0 N–H and O–H groups in total. The monoisotopic (exact) mass is 353 g/mol. The molecule has 0 saturated carbocycles. The van der Waals surface area contributed by atoms with Gasteiger partial charge in [-0.3, -0.25) is 4.79 Å². The van der Waals surface area contributed by atoms with E-state index in [9.17, 15) is 4.79 Å². The highest BCUT2D eigenvalue weighted by Crippen LogP contribution is 2.29. The number of amides is 1. The standard InChI is InChI=1S/C20H23NO.2C2H6/c1-4-10-16(5-2)19-15-18(17-11-8-7-9-12-17)13-14-21(19)20(22)6-3;2*1-2/h4-5,7-12,15,19H,1-2,6,13-14H2,3H3;2*1-2H3/b16-10+;;. The van der Waals surface area contributed by atoms with Crippen molar-refractivity contribution >= 4 is 11.5 Å². The third-order valence-corrected chi connectivity index (χ3v) is 3.97. The van der Waals surface area contributed by atoms with E-state index in [1.54, 1.807) is 6.08 Å². The maximum absolute atomic E-state index is 12.3. The average molecular weight is 354 g/mol. The molecule has 1 heterocycles. The van der Waals surface area contributed by atoms with E-state index in [2.05, 4.69) is 31.4 Å². The highest BCUT2D eigenvalue weighted by Gasteiger charge is 2.27. The zero-order chi connectivity index (χ0) is 19.9. The second-order valence-corrected chi connectivity index (χ2v) is 5.30. The normalized spacial score (nSPS) is 16.2. The Morgan fingerprint density at radius 1 is 1.15 bits per heavy atom. The molecule has 1 aliphatic heterocycles. The van der Waals surface area contributed by atoms with Crippen molar-refractivity contribution in [3.63, 3.8) is 0 Å². The Hall–Kier alpha value is -2.35. The van der Waals surface area contributed by atoms with Crippen molar-refractivity contribution in [2.45, 2.75) is 53.5 Å². The lowest BCUT2D eigenvalue weighted by Crippen LogP contribution is -2.42. The molecular formula is C24H35NO. The Morgan fingerprint density at radius 2 is 1.77 bits per heavy atom. The Balaban J connectivity index is 0.00000146. The minimum Gasteiger partial charge on any atom is -0.332 e. The number of hydrogen-bond donors (Lipinski definition) is 0. The van der Waals surface area contributed by atoms with E-state index < -0.39 is 0 Å². The summed E-state index contributed by atoms with van der Waals surface area (Å²) in [4.78, 5) is 14.2. The van der Waals surface area contributed by atoms with E-state index in [0.29, 0.717) is 6.42 Å². The molecule has 0 saturated heterocycles. The summed E-state index contributed by atoms with van der Waals surface area (Å²) < 4.78 is 0. The molecular weight excluding hydrogens is 318 g/mol. The number of carbonyl (C=O) groups is 1. The van der Waals surface area contributed by atoms with Crippen LogP contribution in [-0.4, -0.2) is 23.4 Å². The second-order valence-electron chi connectivity index (χ2n) is 5.30. The topological polar surface area (TPSA) is 20.3 Å². The summed E-state index contributed by atoms with van der Waals surface area (Å²) in [7, 11) is 0. The summed E-state index contributed by atoms with van der Waals surface area (Å²) in [6.45, 7) is 18.3. The zero-order valence-electron chi connectivity index (χ0n) is 17.2. The van der Waals surface area contributed by atoms with Gasteiger partial charge >= 0.3 is 0 Å². The van der Waals surface area contributed by atoms with Crippen LogP contribution in [-0.2, 0) is 4.79 Å². The molecule has 0 aromatic heterocycles. The Kier molecular flexibility index (Phi) is 12.6. The van der Waals surface area contributed by atoms with Crippen LogP contribution in [0.15, 0.2) is 73.4 Å². The fourth-order valence-corrected chi connectivity index (χ4v) is 2.82. The maximum Gasteiger partial charge on any atom is 0.223 e. The van der Waals surface area contributed by atoms with Crippen LogP contribution >= 0.6 is 0 Å². The lowest BCUT2D eigenvalue weighted by atomic mass is 9.91. The van der Waals surface area contributed by atoms with Gasteiger partial charge in [0.1, 0.15) is 0 Å². The van der Waals surface area contributed by atoms with E-state index in [0.717, 1.165) is 18.5 Å². The third-order valence-electron chi connectivity index (χ3n) is 3.97. The van der Waals surface area contributed by atoms with Crippen LogP contribution in [0.2, 0.25) is 0 Å². The van der Waals surface area contributed by atoms with Gasteiger partial charge < -0.3 is 4.90 Å². The molecule has 1 aromatic carbocycles. The maximum atomic E-state index is 12.3. The van der Waals surface area contributed by atoms with E-state index >= 15 is 0 Å². The van der Waals surface area contributed by atoms with Crippen molar-refractivity contribution in [2.75, 3.05) is 6.54 Å². The van der Waals surface area contributed by atoms with E-state index in [4.69, 9.17) is 0 Å². The highest BCUT2D eigenvalue weighted by molar-refractivity contribution is 5.79. The van der Waals surface area contributed by atoms with Gasteiger partial charge in [-0.25, -0.2) is 0 Å². The van der Waals surface area contributed by atoms with Crippen molar-refractivity contribution in [2.24, 2.45) is 0 Å². The smallest absolute Gasteiger partial charge is 0.223 e. The molecule has 142 valence electrons. The molecule has 26 heavy (non-hydrogen) atoms. The van der Waals surface area contributed by atoms with Crippen LogP contribution in [0.3, 0.4) is 0 Å². The minimum absolute atomic E-state index is 0.0630. The van der Waals surface area contributed by atoms with Crippen molar-refractivity contribution < 1.29 is 4.79 Å². The first-order valence-corrected chi connectivity index (χ1v) is 9.71. The fourth-order valence-electron chi connectivity index (χ4n) is 2.82.